The van der Waals surface area contributed by atoms with E-state index in [1.165, 1.54) is 0 Å². The summed E-state index contributed by atoms with van der Waals surface area (Å²) in [5, 5.41) is 15.1. The van der Waals surface area contributed by atoms with E-state index in [0.29, 0.717) is 5.56 Å². The number of pyridine rings is 1. The maximum atomic E-state index is 8.62. The molecule has 1 aromatic heterocycles. The molecule has 1 saturated heterocycles. The highest BCUT2D eigenvalue weighted by Gasteiger charge is 2.12. The van der Waals surface area contributed by atoms with Crippen molar-refractivity contribution in [2.24, 2.45) is 0 Å². The molecule has 1 fully saturated rings. The van der Waals surface area contributed by atoms with Crippen LogP contribution in [0.3, 0.4) is 0 Å². The molecular weight excluding hydrogens is 204 g/mol. The molecule has 5 nitrogen and oxygen atoms in total. The van der Waals surface area contributed by atoms with Crippen molar-refractivity contribution in [1.29, 1.82) is 5.26 Å². The smallest absolute Gasteiger partial charge is 0.126 e. The summed E-state index contributed by atoms with van der Waals surface area (Å²) in [6.07, 6.45) is 1.74. The van der Waals surface area contributed by atoms with E-state index in [1.54, 1.807) is 18.3 Å². The Morgan fingerprint density at radius 1 is 1.62 bits per heavy atom. The zero-order chi connectivity index (χ0) is 11.2. The minimum absolute atomic E-state index is 0.186. The number of hydrogen-bond acceptors (Lipinski definition) is 5. The number of nitrogens with one attached hydrogen (secondary N) is 2. The van der Waals surface area contributed by atoms with Gasteiger partial charge in [-0.3, -0.25) is 0 Å². The van der Waals surface area contributed by atoms with Crippen molar-refractivity contribution in [3.05, 3.63) is 23.9 Å². The highest BCUT2D eigenvalue weighted by Crippen LogP contribution is 2.05. The fourth-order valence-corrected chi connectivity index (χ4v) is 1.53. The topological polar surface area (TPSA) is 70.0 Å². The summed E-state index contributed by atoms with van der Waals surface area (Å²) < 4.78 is 5.54. The van der Waals surface area contributed by atoms with Gasteiger partial charge in [0.1, 0.15) is 11.9 Å². The maximum absolute atomic E-state index is 8.62. The molecular formula is C11H14N4O. The second-order valence-electron chi connectivity index (χ2n) is 3.62. The van der Waals surface area contributed by atoms with Gasteiger partial charge in [0.25, 0.3) is 0 Å². The Kier molecular flexibility index (Phi) is 3.70. The predicted molar refractivity (Wildman–Crippen MR) is 60.1 cm³/mol. The van der Waals surface area contributed by atoms with Gasteiger partial charge in [-0.1, -0.05) is 0 Å². The fraction of sp³-hybridized carbons (Fsp3) is 0.455. The van der Waals surface area contributed by atoms with Crippen LogP contribution in [0.1, 0.15) is 5.56 Å². The number of nitrogens with zero attached hydrogens (tertiary/aromatic N) is 2. The molecule has 1 aromatic rings. The van der Waals surface area contributed by atoms with E-state index >= 15 is 0 Å². The standard InChI is InChI=1S/C11H14N4O/c12-5-9-1-2-11(14-6-9)15-8-10-7-13-3-4-16-10/h1-2,6,10,13H,3-4,7-8H2,(H,14,15). The average molecular weight is 218 g/mol. The Morgan fingerprint density at radius 2 is 2.56 bits per heavy atom. The van der Waals surface area contributed by atoms with Crippen molar-refractivity contribution in [2.75, 3.05) is 31.6 Å². The minimum atomic E-state index is 0.186. The van der Waals surface area contributed by atoms with Crippen LogP contribution >= 0.6 is 0 Å². The van der Waals surface area contributed by atoms with Crippen LogP contribution in [0, 0.1) is 11.3 Å². The summed E-state index contributed by atoms with van der Waals surface area (Å²) in [4.78, 5) is 4.12. The summed E-state index contributed by atoms with van der Waals surface area (Å²) in [6, 6.07) is 5.58. The van der Waals surface area contributed by atoms with E-state index < -0.39 is 0 Å². The number of rotatable bonds is 3. The van der Waals surface area contributed by atoms with E-state index in [9.17, 15) is 0 Å². The van der Waals surface area contributed by atoms with E-state index in [0.717, 1.165) is 32.1 Å². The molecule has 2 rings (SSSR count). The first-order chi connectivity index (χ1) is 7.88. The molecule has 2 heterocycles. The molecule has 5 heteroatoms. The van der Waals surface area contributed by atoms with Gasteiger partial charge >= 0.3 is 0 Å². The third-order valence-corrected chi connectivity index (χ3v) is 2.41. The molecule has 16 heavy (non-hydrogen) atoms. The van der Waals surface area contributed by atoms with Gasteiger partial charge in [-0.25, -0.2) is 4.98 Å². The Balaban J connectivity index is 1.82. The first kappa shape index (κ1) is 10.9. The lowest BCUT2D eigenvalue weighted by atomic mass is 10.3. The molecule has 0 amide bonds. The van der Waals surface area contributed by atoms with E-state index in [1.807, 2.05) is 6.07 Å². The number of anilines is 1. The van der Waals surface area contributed by atoms with Crippen molar-refractivity contribution in [3.8, 4) is 6.07 Å². The molecule has 0 radical (unpaired) electrons. The zero-order valence-electron chi connectivity index (χ0n) is 8.94. The summed E-state index contributed by atoms with van der Waals surface area (Å²) in [7, 11) is 0. The SMILES string of the molecule is N#Cc1ccc(NCC2CNCCO2)nc1. The van der Waals surface area contributed by atoms with Crippen molar-refractivity contribution in [1.82, 2.24) is 10.3 Å². The number of morpholine rings is 1. The molecule has 0 aliphatic carbocycles. The second kappa shape index (κ2) is 5.45. The molecule has 0 saturated carbocycles. The number of nitriles is 1. The van der Waals surface area contributed by atoms with E-state index in [2.05, 4.69) is 15.6 Å². The third-order valence-electron chi connectivity index (χ3n) is 2.41. The quantitative estimate of drug-likeness (QED) is 0.766. The monoisotopic (exact) mass is 218 g/mol. The van der Waals surface area contributed by atoms with Gasteiger partial charge in [0.05, 0.1) is 18.3 Å². The third kappa shape index (κ3) is 2.92. The molecule has 0 spiro atoms. The lowest BCUT2D eigenvalue weighted by Gasteiger charge is -2.23. The zero-order valence-corrected chi connectivity index (χ0v) is 8.94. The Hall–Kier alpha value is -1.64. The van der Waals surface area contributed by atoms with Crippen molar-refractivity contribution in [3.63, 3.8) is 0 Å². The molecule has 84 valence electrons. The Labute approximate surface area is 94.4 Å². The fourth-order valence-electron chi connectivity index (χ4n) is 1.53. The summed E-state index contributed by atoms with van der Waals surface area (Å²) in [6.45, 7) is 3.27. The largest absolute Gasteiger partial charge is 0.374 e. The van der Waals surface area contributed by atoms with Gasteiger partial charge in [-0.15, -0.1) is 0 Å². The molecule has 1 unspecified atom stereocenters. The van der Waals surface area contributed by atoms with Crippen LogP contribution in [0.4, 0.5) is 5.82 Å². The van der Waals surface area contributed by atoms with Gasteiger partial charge in [0.15, 0.2) is 0 Å². The van der Waals surface area contributed by atoms with Crippen LogP contribution in [-0.2, 0) is 4.74 Å². The van der Waals surface area contributed by atoms with E-state index in [-0.39, 0.29) is 6.10 Å². The van der Waals surface area contributed by atoms with Gasteiger partial charge in [0.2, 0.25) is 0 Å². The lowest BCUT2D eigenvalue weighted by molar-refractivity contribution is 0.0372. The minimum Gasteiger partial charge on any atom is -0.374 e. The summed E-state index contributed by atoms with van der Waals surface area (Å²) >= 11 is 0. The number of hydrogen-bond donors (Lipinski definition) is 2. The van der Waals surface area contributed by atoms with Crippen LogP contribution in [-0.4, -0.2) is 37.3 Å². The number of ether oxygens (including phenoxy) is 1. The number of aromatic nitrogens is 1. The Morgan fingerprint density at radius 3 is 3.19 bits per heavy atom. The second-order valence-corrected chi connectivity index (χ2v) is 3.62. The Bertz CT molecular complexity index is 365. The first-order valence-corrected chi connectivity index (χ1v) is 5.31. The van der Waals surface area contributed by atoms with Crippen molar-refractivity contribution >= 4 is 5.82 Å². The molecule has 1 aliphatic rings. The molecule has 0 bridgehead atoms. The van der Waals surface area contributed by atoms with Crippen LogP contribution in [0.25, 0.3) is 0 Å². The van der Waals surface area contributed by atoms with Gasteiger partial charge in [-0.2, -0.15) is 5.26 Å². The predicted octanol–water partition coefficient (Wildman–Crippen LogP) is 0.354. The van der Waals surface area contributed by atoms with E-state index in [4.69, 9.17) is 10.00 Å². The van der Waals surface area contributed by atoms with Crippen LogP contribution in [0.5, 0.6) is 0 Å². The van der Waals surface area contributed by atoms with Crippen molar-refractivity contribution < 1.29 is 4.74 Å². The van der Waals surface area contributed by atoms with Crippen LogP contribution in [0.15, 0.2) is 18.3 Å². The molecule has 2 N–H and O–H groups in total. The molecule has 1 atom stereocenters. The van der Waals surface area contributed by atoms with Gasteiger partial charge in [-0.05, 0) is 12.1 Å². The first-order valence-electron chi connectivity index (χ1n) is 5.31. The highest BCUT2D eigenvalue weighted by atomic mass is 16.5. The summed E-state index contributed by atoms with van der Waals surface area (Å²) in [5.41, 5.74) is 0.570. The molecule has 0 aromatic carbocycles. The van der Waals surface area contributed by atoms with Gasteiger partial charge < -0.3 is 15.4 Å². The average Bonchev–Trinajstić information content (AvgIpc) is 2.38. The normalized spacial score (nSPS) is 20.1. The van der Waals surface area contributed by atoms with Crippen molar-refractivity contribution in [2.45, 2.75) is 6.10 Å². The lowest BCUT2D eigenvalue weighted by Crippen LogP contribution is -2.42. The maximum Gasteiger partial charge on any atom is 0.126 e. The summed E-state index contributed by atoms with van der Waals surface area (Å²) in [5.74, 6) is 0.771. The van der Waals surface area contributed by atoms with Crippen LogP contribution in [0.2, 0.25) is 0 Å². The van der Waals surface area contributed by atoms with Gasteiger partial charge in [0, 0.05) is 25.8 Å². The molecule has 1 aliphatic heterocycles. The highest BCUT2D eigenvalue weighted by molar-refractivity contribution is 5.38. The van der Waals surface area contributed by atoms with Crippen LogP contribution < -0.4 is 10.6 Å².